The molecule has 1 heterocycles. The Morgan fingerprint density at radius 3 is 2.85 bits per heavy atom. The van der Waals surface area contributed by atoms with Gasteiger partial charge in [0.2, 0.25) is 5.91 Å². The fourth-order valence-electron chi connectivity index (χ4n) is 3.18. The highest BCUT2D eigenvalue weighted by atomic mass is 35.5. The Balaban J connectivity index is 1.43. The maximum atomic E-state index is 12.2. The van der Waals surface area contributed by atoms with Gasteiger partial charge in [0, 0.05) is 16.9 Å². The maximum Gasteiger partial charge on any atom is 0.243 e. The number of nitrogens with zero attached hydrogens (tertiary/aromatic N) is 2. The van der Waals surface area contributed by atoms with Crippen LogP contribution < -0.4 is 5.43 Å². The second kappa shape index (κ2) is 6.89. The Morgan fingerprint density at radius 2 is 2.04 bits per heavy atom. The van der Waals surface area contributed by atoms with Crippen LogP contribution in [-0.4, -0.2) is 17.1 Å². The molecule has 0 saturated heterocycles. The van der Waals surface area contributed by atoms with E-state index in [1.54, 1.807) is 6.21 Å². The first kappa shape index (κ1) is 16.7. The van der Waals surface area contributed by atoms with Gasteiger partial charge in [0.15, 0.2) is 0 Å². The van der Waals surface area contributed by atoms with Crippen molar-refractivity contribution in [1.82, 2.24) is 10.4 Å². The zero-order chi connectivity index (χ0) is 18.1. The minimum atomic E-state index is -0.0594. The van der Waals surface area contributed by atoms with Crippen molar-refractivity contribution in [1.29, 1.82) is 0 Å². The molecule has 5 heteroatoms. The number of rotatable bonds is 4. The third-order valence-corrected chi connectivity index (χ3v) is 4.99. The summed E-state index contributed by atoms with van der Waals surface area (Å²) in [5.41, 5.74) is 6.50. The molecule has 1 aliphatic carbocycles. The number of halogens is 1. The molecule has 1 amide bonds. The van der Waals surface area contributed by atoms with Gasteiger partial charge in [0.25, 0.3) is 0 Å². The highest BCUT2D eigenvalue weighted by Gasteiger charge is 2.43. The third kappa shape index (κ3) is 3.46. The summed E-state index contributed by atoms with van der Waals surface area (Å²) >= 11 is 6.22. The van der Waals surface area contributed by atoms with Crippen molar-refractivity contribution in [3.8, 4) is 0 Å². The molecule has 26 heavy (non-hydrogen) atoms. The number of hydrogen-bond donors (Lipinski definition) is 1. The van der Waals surface area contributed by atoms with Gasteiger partial charge >= 0.3 is 0 Å². The van der Waals surface area contributed by atoms with Crippen LogP contribution in [0.1, 0.15) is 29.0 Å². The number of benzene rings is 2. The first-order chi connectivity index (χ1) is 12.6. The van der Waals surface area contributed by atoms with Gasteiger partial charge in [0.05, 0.1) is 11.7 Å². The normalized spacial score (nSPS) is 19.0. The van der Waals surface area contributed by atoms with E-state index >= 15 is 0 Å². The van der Waals surface area contributed by atoms with Crippen LogP contribution in [0.15, 0.2) is 59.7 Å². The van der Waals surface area contributed by atoms with Crippen LogP contribution in [0.25, 0.3) is 10.9 Å². The van der Waals surface area contributed by atoms with E-state index in [1.165, 1.54) is 5.56 Å². The Morgan fingerprint density at radius 1 is 1.23 bits per heavy atom. The molecule has 1 aliphatic rings. The average molecular weight is 364 g/mol. The van der Waals surface area contributed by atoms with E-state index in [1.807, 2.05) is 49.4 Å². The van der Waals surface area contributed by atoms with Crippen molar-refractivity contribution < 1.29 is 4.79 Å². The predicted octanol–water partition coefficient (Wildman–Crippen LogP) is 4.45. The number of carbonyl (C=O) groups excluding carboxylic acids is 1. The van der Waals surface area contributed by atoms with Gasteiger partial charge in [-0.3, -0.25) is 4.79 Å². The number of hydrogen-bond acceptors (Lipinski definition) is 3. The molecule has 0 aliphatic heterocycles. The quantitative estimate of drug-likeness (QED) is 0.423. The molecule has 0 radical (unpaired) electrons. The standard InChI is InChI=1S/C21H18ClN3O/c1-13-7-8-19-15(9-13)10-16(20(22)24-19)12-23-25-21(26)18-11-17(18)14-5-3-2-4-6-14/h2-10,12,17-18H,11H2,1H3,(H,25,26)/t17-,18+/m1/s1. The monoisotopic (exact) mass is 363 g/mol. The van der Waals surface area contributed by atoms with Crippen molar-refractivity contribution in [2.75, 3.05) is 0 Å². The average Bonchev–Trinajstić information content (AvgIpc) is 3.44. The molecule has 1 aromatic heterocycles. The van der Waals surface area contributed by atoms with Crippen LogP contribution in [0.2, 0.25) is 5.15 Å². The Bertz CT molecular complexity index is 1000. The summed E-state index contributed by atoms with van der Waals surface area (Å²) in [6.45, 7) is 2.03. The SMILES string of the molecule is Cc1ccc2nc(Cl)c(C=NNC(=O)[C@H]3C[C@@H]3c3ccccc3)cc2c1. The molecule has 1 fully saturated rings. The third-order valence-electron chi connectivity index (χ3n) is 4.68. The molecule has 1 N–H and O–H groups in total. The molecule has 0 spiro atoms. The molecule has 1 saturated carbocycles. The lowest BCUT2D eigenvalue weighted by Gasteiger charge is -2.03. The smallest absolute Gasteiger partial charge is 0.243 e. The first-order valence-electron chi connectivity index (χ1n) is 8.56. The number of amides is 1. The molecule has 0 bridgehead atoms. The molecule has 2 atom stereocenters. The summed E-state index contributed by atoms with van der Waals surface area (Å²) in [5, 5.41) is 5.43. The fraction of sp³-hybridized carbons (Fsp3) is 0.190. The Hall–Kier alpha value is -2.72. The van der Waals surface area contributed by atoms with Crippen molar-refractivity contribution >= 4 is 34.6 Å². The molecule has 4 rings (SSSR count). The summed E-state index contributed by atoms with van der Waals surface area (Å²) in [5.74, 6) is 0.221. The number of carbonyl (C=O) groups is 1. The van der Waals surface area contributed by atoms with Gasteiger partial charge in [-0.2, -0.15) is 5.10 Å². The summed E-state index contributed by atoms with van der Waals surface area (Å²) in [6.07, 6.45) is 2.41. The summed E-state index contributed by atoms with van der Waals surface area (Å²) < 4.78 is 0. The molecular weight excluding hydrogens is 346 g/mol. The molecule has 130 valence electrons. The van der Waals surface area contributed by atoms with Crippen LogP contribution in [0.3, 0.4) is 0 Å². The van der Waals surface area contributed by atoms with Crippen LogP contribution >= 0.6 is 11.6 Å². The number of fused-ring (bicyclic) bond motifs is 1. The van der Waals surface area contributed by atoms with Crippen molar-refractivity contribution in [3.05, 3.63) is 76.4 Å². The Kier molecular flexibility index (Phi) is 4.43. The van der Waals surface area contributed by atoms with Crippen LogP contribution in [0.5, 0.6) is 0 Å². The number of pyridine rings is 1. The first-order valence-corrected chi connectivity index (χ1v) is 8.94. The number of nitrogens with one attached hydrogen (secondary N) is 1. The predicted molar refractivity (Wildman–Crippen MR) is 105 cm³/mol. The molecular formula is C21H18ClN3O. The lowest BCUT2D eigenvalue weighted by Crippen LogP contribution is -2.20. The van der Waals surface area contributed by atoms with E-state index in [9.17, 15) is 4.79 Å². The van der Waals surface area contributed by atoms with Gasteiger partial charge in [-0.25, -0.2) is 10.4 Å². The second-order valence-electron chi connectivity index (χ2n) is 6.66. The molecule has 2 aromatic carbocycles. The van der Waals surface area contributed by atoms with E-state index < -0.39 is 0 Å². The van der Waals surface area contributed by atoms with Crippen molar-refractivity contribution in [2.45, 2.75) is 19.3 Å². The lowest BCUT2D eigenvalue weighted by molar-refractivity contribution is -0.122. The van der Waals surface area contributed by atoms with Gasteiger partial charge in [0.1, 0.15) is 5.15 Å². The fourth-order valence-corrected chi connectivity index (χ4v) is 3.38. The van der Waals surface area contributed by atoms with Crippen LogP contribution in [0, 0.1) is 12.8 Å². The zero-order valence-corrected chi connectivity index (χ0v) is 15.1. The van der Waals surface area contributed by atoms with E-state index in [-0.39, 0.29) is 11.8 Å². The van der Waals surface area contributed by atoms with Crippen molar-refractivity contribution in [2.24, 2.45) is 11.0 Å². The van der Waals surface area contributed by atoms with Gasteiger partial charge in [-0.15, -0.1) is 0 Å². The van der Waals surface area contributed by atoms with E-state index in [0.29, 0.717) is 16.6 Å². The summed E-state index contributed by atoms with van der Waals surface area (Å²) in [4.78, 5) is 16.6. The topological polar surface area (TPSA) is 54.4 Å². The Labute approximate surface area is 156 Å². The van der Waals surface area contributed by atoms with E-state index in [0.717, 1.165) is 22.9 Å². The highest BCUT2D eigenvalue weighted by molar-refractivity contribution is 6.32. The number of hydrazone groups is 1. The minimum Gasteiger partial charge on any atom is -0.273 e. The summed E-state index contributed by atoms with van der Waals surface area (Å²) in [7, 11) is 0. The molecule has 4 nitrogen and oxygen atoms in total. The largest absolute Gasteiger partial charge is 0.273 e. The van der Waals surface area contributed by atoms with Gasteiger partial charge in [-0.1, -0.05) is 53.6 Å². The van der Waals surface area contributed by atoms with Gasteiger partial charge < -0.3 is 0 Å². The van der Waals surface area contributed by atoms with E-state index in [4.69, 9.17) is 11.6 Å². The number of aromatic nitrogens is 1. The maximum absolute atomic E-state index is 12.2. The van der Waals surface area contributed by atoms with Crippen LogP contribution in [0.4, 0.5) is 0 Å². The zero-order valence-electron chi connectivity index (χ0n) is 14.3. The number of aryl methyl sites for hydroxylation is 1. The van der Waals surface area contributed by atoms with Gasteiger partial charge in [-0.05, 0) is 43.0 Å². The van der Waals surface area contributed by atoms with Crippen LogP contribution in [-0.2, 0) is 4.79 Å². The lowest BCUT2D eigenvalue weighted by atomic mass is 10.1. The highest BCUT2D eigenvalue weighted by Crippen LogP contribution is 2.47. The van der Waals surface area contributed by atoms with E-state index in [2.05, 4.69) is 27.6 Å². The van der Waals surface area contributed by atoms with Crippen molar-refractivity contribution in [3.63, 3.8) is 0 Å². The minimum absolute atomic E-state index is 0.0117. The molecule has 3 aromatic rings. The second-order valence-corrected chi connectivity index (χ2v) is 7.02. The summed E-state index contributed by atoms with van der Waals surface area (Å²) in [6, 6.07) is 18.0. The molecule has 0 unspecified atom stereocenters.